The maximum Gasteiger partial charge on any atom is 0.104 e. The smallest absolute Gasteiger partial charge is 0.104 e. The van der Waals surface area contributed by atoms with Crippen molar-refractivity contribution in [3.05, 3.63) is 0 Å². The second-order valence-corrected chi connectivity index (χ2v) is 7.04. The predicted octanol–water partition coefficient (Wildman–Crippen LogP) is 2.79. The highest BCUT2D eigenvalue weighted by atomic mass is 16.5. The summed E-state index contributed by atoms with van der Waals surface area (Å²) in [5, 5.41) is 12.7. The van der Waals surface area contributed by atoms with Crippen LogP contribution in [0, 0.1) is 17.2 Å². The minimum atomic E-state index is -0.389. The maximum atomic E-state index is 9.34. The van der Waals surface area contributed by atoms with Crippen LogP contribution in [0.4, 0.5) is 0 Å². The van der Waals surface area contributed by atoms with Crippen LogP contribution in [0.1, 0.15) is 53.4 Å². The zero-order valence-corrected chi connectivity index (χ0v) is 14.5. The molecule has 0 bridgehead atoms. The van der Waals surface area contributed by atoms with Crippen LogP contribution in [-0.4, -0.2) is 49.3 Å². The molecule has 1 rings (SSSR count). The number of unbranched alkanes of at least 4 members (excludes halogenated alkanes) is 1. The first-order valence-corrected chi connectivity index (χ1v) is 8.34. The van der Waals surface area contributed by atoms with Gasteiger partial charge in [-0.25, -0.2) is 0 Å². The molecule has 0 aromatic rings. The van der Waals surface area contributed by atoms with E-state index < -0.39 is 0 Å². The second kappa shape index (κ2) is 8.73. The largest absolute Gasteiger partial charge is 0.380 e. The van der Waals surface area contributed by atoms with E-state index in [0.29, 0.717) is 18.1 Å². The van der Waals surface area contributed by atoms with Gasteiger partial charge in [-0.3, -0.25) is 5.32 Å². The topological polar surface area (TPSA) is 48.3 Å². The van der Waals surface area contributed by atoms with Crippen molar-refractivity contribution in [3.8, 4) is 6.07 Å². The molecular formula is C17H33N3O. The van der Waals surface area contributed by atoms with Gasteiger partial charge in [-0.2, -0.15) is 5.26 Å². The summed E-state index contributed by atoms with van der Waals surface area (Å²) in [6.07, 6.45) is 4.77. The minimum absolute atomic E-state index is 0.348. The van der Waals surface area contributed by atoms with Gasteiger partial charge in [-0.05, 0) is 65.5 Å². The van der Waals surface area contributed by atoms with Crippen molar-refractivity contribution in [2.45, 2.75) is 71.1 Å². The van der Waals surface area contributed by atoms with Crippen molar-refractivity contribution in [2.75, 3.05) is 26.7 Å². The lowest BCUT2D eigenvalue weighted by Crippen LogP contribution is -2.45. The molecule has 0 spiro atoms. The molecule has 0 aromatic carbocycles. The molecule has 4 heteroatoms. The van der Waals surface area contributed by atoms with Crippen LogP contribution in [0.25, 0.3) is 0 Å². The van der Waals surface area contributed by atoms with Crippen molar-refractivity contribution >= 4 is 0 Å². The van der Waals surface area contributed by atoms with Gasteiger partial charge < -0.3 is 9.64 Å². The third-order valence-electron chi connectivity index (χ3n) is 4.53. The highest BCUT2D eigenvalue weighted by molar-refractivity contribution is 5.04. The minimum Gasteiger partial charge on any atom is -0.380 e. The number of nitrogens with one attached hydrogen (secondary N) is 1. The number of piperidine rings is 1. The van der Waals surface area contributed by atoms with E-state index in [0.717, 1.165) is 32.4 Å². The quantitative estimate of drug-likeness (QED) is 0.700. The molecule has 1 heterocycles. The van der Waals surface area contributed by atoms with Crippen LogP contribution in [-0.2, 0) is 4.74 Å². The Hall–Kier alpha value is -0.630. The molecule has 3 unspecified atom stereocenters. The van der Waals surface area contributed by atoms with Crippen molar-refractivity contribution < 1.29 is 4.74 Å². The molecule has 0 aromatic heterocycles. The summed E-state index contributed by atoms with van der Waals surface area (Å²) >= 11 is 0. The van der Waals surface area contributed by atoms with E-state index in [4.69, 9.17) is 4.74 Å². The molecule has 1 N–H and O–H groups in total. The molecule has 1 saturated heterocycles. The number of methoxy groups -OCH3 is 1. The SMILES string of the molecule is COC1CN(CCCCC(C)(C#N)NC(C)C)CCC1C. The molecule has 1 fully saturated rings. The number of ether oxygens (including phenoxy) is 1. The summed E-state index contributed by atoms with van der Waals surface area (Å²) < 4.78 is 5.56. The van der Waals surface area contributed by atoms with Gasteiger partial charge in [0, 0.05) is 19.7 Å². The molecule has 0 amide bonds. The first-order valence-electron chi connectivity index (χ1n) is 8.34. The summed E-state index contributed by atoms with van der Waals surface area (Å²) in [4.78, 5) is 2.51. The lowest BCUT2D eigenvalue weighted by Gasteiger charge is -2.36. The van der Waals surface area contributed by atoms with Gasteiger partial charge in [0.25, 0.3) is 0 Å². The number of hydrogen-bond acceptors (Lipinski definition) is 4. The molecule has 0 aliphatic carbocycles. The van der Waals surface area contributed by atoms with Crippen LogP contribution < -0.4 is 5.32 Å². The lowest BCUT2D eigenvalue weighted by molar-refractivity contribution is -0.00533. The molecule has 1 aliphatic heterocycles. The molecule has 0 saturated carbocycles. The summed E-state index contributed by atoms with van der Waals surface area (Å²) in [5.74, 6) is 0.670. The van der Waals surface area contributed by atoms with E-state index in [2.05, 4.69) is 37.1 Å². The van der Waals surface area contributed by atoms with Gasteiger partial charge in [0.1, 0.15) is 5.54 Å². The number of nitrogens with zero attached hydrogens (tertiary/aromatic N) is 2. The van der Waals surface area contributed by atoms with E-state index in [-0.39, 0.29) is 5.54 Å². The fraction of sp³-hybridized carbons (Fsp3) is 0.941. The van der Waals surface area contributed by atoms with Crippen LogP contribution >= 0.6 is 0 Å². The normalized spacial score (nSPS) is 26.5. The van der Waals surface area contributed by atoms with Crippen molar-refractivity contribution in [1.29, 1.82) is 5.26 Å². The van der Waals surface area contributed by atoms with Gasteiger partial charge in [0.2, 0.25) is 0 Å². The van der Waals surface area contributed by atoms with Crippen LogP contribution in [0.3, 0.4) is 0 Å². The average Bonchev–Trinajstić information content (AvgIpc) is 2.44. The van der Waals surface area contributed by atoms with E-state index >= 15 is 0 Å². The number of hydrogen-bond donors (Lipinski definition) is 1. The average molecular weight is 295 g/mol. The summed E-state index contributed by atoms with van der Waals surface area (Å²) in [6, 6.07) is 2.77. The van der Waals surface area contributed by atoms with Gasteiger partial charge in [0.05, 0.1) is 12.2 Å². The molecule has 21 heavy (non-hydrogen) atoms. The predicted molar refractivity (Wildman–Crippen MR) is 87.2 cm³/mol. The fourth-order valence-corrected chi connectivity index (χ4v) is 3.22. The third kappa shape index (κ3) is 6.34. The van der Waals surface area contributed by atoms with Gasteiger partial charge in [-0.15, -0.1) is 0 Å². The first-order chi connectivity index (χ1) is 9.90. The summed E-state index contributed by atoms with van der Waals surface area (Å²) in [5.41, 5.74) is -0.389. The van der Waals surface area contributed by atoms with Crippen LogP contribution in [0.15, 0.2) is 0 Å². The van der Waals surface area contributed by atoms with Crippen molar-refractivity contribution in [3.63, 3.8) is 0 Å². The van der Waals surface area contributed by atoms with E-state index in [1.54, 1.807) is 0 Å². The molecule has 4 nitrogen and oxygen atoms in total. The van der Waals surface area contributed by atoms with E-state index in [9.17, 15) is 5.26 Å². The zero-order chi connectivity index (χ0) is 15.9. The molecule has 1 aliphatic rings. The lowest BCUT2D eigenvalue weighted by atomic mass is 9.94. The Kier molecular flexibility index (Phi) is 7.65. The molecule has 3 atom stereocenters. The first kappa shape index (κ1) is 18.4. The number of likely N-dealkylation sites (tertiary alicyclic amines) is 1. The van der Waals surface area contributed by atoms with Crippen molar-refractivity contribution in [1.82, 2.24) is 10.2 Å². The Morgan fingerprint density at radius 2 is 2.14 bits per heavy atom. The van der Waals surface area contributed by atoms with E-state index in [1.165, 1.54) is 13.0 Å². The summed E-state index contributed by atoms with van der Waals surface area (Å²) in [6.45, 7) is 11.8. The number of rotatable bonds is 8. The fourth-order valence-electron chi connectivity index (χ4n) is 3.22. The van der Waals surface area contributed by atoms with Gasteiger partial charge in [-0.1, -0.05) is 6.92 Å². The standard InChI is InChI=1S/C17H33N3O/c1-14(2)19-17(4,13-18)9-6-7-10-20-11-8-15(3)16(12-20)21-5/h14-16,19H,6-12H2,1-5H3. The van der Waals surface area contributed by atoms with Crippen molar-refractivity contribution in [2.24, 2.45) is 5.92 Å². The zero-order valence-electron chi connectivity index (χ0n) is 14.5. The van der Waals surface area contributed by atoms with Gasteiger partial charge >= 0.3 is 0 Å². The molecular weight excluding hydrogens is 262 g/mol. The highest BCUT2D eigenvalue weighted by Crippen LogP contribution is 2.20. The third-order valence-corrected chi connectivity index (χ3v) is 4.53. The van der Waals surface area contributed by atoms with Crippen LogP contribution in [0.2, 0.25) is 0 Å². The highest BCUT2D eigenvalue weighted by Gasteiger charge is 2.26. The number of nitriles is 1. The Morgan fingerprint density at radius 3 is 2.71 bits per heavy atom. The van der Waals surface area contributed by atoms with Gasteiger partial charge in [0.15, 0.2) is 0 Å². The Bertz CT molecular complexity index is 339. The Labute approximate surface area is 130 Å². The Morgan fingerprint density at radius 1 is 1.43 bits per heavy atom. The molecule has 0 radical (unpaired) electrons. The Balaban J connectivity index is 2.26. The van der Waals surface area contributed by atoms with Crippen LogP contribution in [0.5, 0.6) is 0 Å². The molecule has 122 valence electrons. The summed E-state index contributed by atoms with van der Waals surface area (Å²) in [7, 11) is 1.82. The van der Waals surface area contributed by atoms with E-state index in [1.807, 2.05) is 14.0 Å². The second-order valence-electron chi connectivity index (χ2n) is 7.04. The maximum absolute atomic E-state index is 9.34. The monoisotopic (exact) mass is 295 g/mol.